The highest BCUT2D eigenvalue weighted by molar-refractivity contribution is 7.15. The number of nitrogens with zero attached hydrogens (tertiary/aromatic N) is 1. The fourth-order valence-electron chi connectivity index (χ4n) is 1.93. The Hall–Kier alpha value is -1.23. The third kappa shape index (κ3) is 2.11. The average molecular weight is 246 g/mol. The summed E-state index contributed by atoms with van der Waals surface area (Å²) in [4.78, 5) is 5.96. The van der Waals surface area contributed by atoms with E-state index in [0.29, 0.717) is 13.2 Å². The minimum atomic E-state index is 0.586. The second-order valence-electron chi connectivity index (χ2n) is 4.09. The molecule has 2 N–H and O–H groups in total. The van der Waals surface area contributed by atoms with Crippen LogP contribution in [0, 0.1) is 0 Å². The number of hydrogen-bond donors (Lipinski definition) is 1. The monoisotopic (exact) mass is 246 g/mol. The van der Waals surface area contributed by atoms with Crippen molar-refractivity contribution in [2.45, 2.75) is 19.6 Å². The zero-order valence-corrected chi connectivity index (χ0v) is 10.3. The number of rotatable bonds is 2. The van der Waals surface area contributed by atoms with Gasteiger partial charge in [-0.3, -0.25) is 0 Å². The van der Waals surface area contributed by atoms with Crippen molar-refractivity contribution in [1.29, 1.82) is 0 Å². The van der Waals surface area contributed by atoms with E-state index in [1.807, 2.05) is 0 Å². The average Bonchev–Trinajstić information content (AvgIpc) is 2.82. The molecule has 3 nitrogen and oxygen atoms in total. The lowest BCUT2D eigenvalue weighted by Crippen LogP contribution is -2.07. The first-order valence-corrected chi connectivity index (χ1v) is 6.54. The van der Waals surface area contributed by atoms with E-state index in [2.05, 4.69) is 29.2 Å². The first-order valence-electron chi connectivity index (χ1n) is 5.72. The van der Waals surface area contributed by atoms with Crippen LogP contribution in [0.15, 0.2) is 24.3 Å². The first-order chi connectivity index (χ1) is 8.36. The van der Waals surface area contributed by atoms with Crippen LogP contribution in [0.1, 0.15) is 16.1 Å². The zero-order chi connectivity index (χ0) is 11.7. The molecular weight excluding hydrogens is 232 g/mol. The molecular formula is C13H14N2OS. The van der Waals surface area contributed by atoms with Crippen LogP contribution in [0.25, 0.3) is 10.6 Å². The van der Waals surface area contributed by atoms with Crippen molar-refractivity contribution in [3.8, 4) is 10.6 Å². The molecule has 0 saturated heterocycles. The second kappa shape index (κ2) is 4.56. The van der Waals surface area contributed by atoms with Crippen LogP contribution in [0.4, 0.5) is 0 Å². The smallest absolute Gasteiger partial charge is 0.123 e. The molecule has 0 amide bonds. The molecule has 0 bridgehead atoms. The van der Waals surface area contributed by atoms with Gasteiger partial charge in [-0.1, -0.05) is 24.3 Å². The summed E-state index contributed by atoms with van der Waals surface area (Å²) in [6, 6.07) is 8.30. The predicted molar refractivity (Wildman–Crippen MR) is 68.8 cm³/mol. The molecule has 4 heteroatoms. The maximum absolute atomic E-state index is 5.59. The summed E-state index contributed by atoms with van der Waals surface area (Å²) in [7, 11) is 0. The van der Waals surface area contributed by atoms with Gasteiger partial charge in [0.25, 0.3) is 0 Å². The van der Waals surface area contributed by atoms with Crippen LogP contribution in [0.5, 0.6) is 0 Å². The molecule has 0 atom stereocenters. The molecule has 0 radical (unpaired) electrons. The molecule has 1 aromatic carbocycles. The Kier molecular flexibility index (Phi) is 2.93. The van der Waals surface area contributed by atoms with Crippen molar-refractivity contribution >= 4 is 11.3 Å². The van der Waals surface area contributed by atoms with Crippen LogP contribution in [0.3, 0.4) is 0 Å². The van der Waals surface area contributed by atoms with E-state index in [1.54, 1.807) is 11.3 Å². The van der Waals surface area contributed by atoms with Crippen LogP contribution >= 0.6 is 11.3 Å². The zero-order valence-electron chi connectivity index (χ0n) is 9.48. The highest BCUT2D eigenvalue weighted by Crippen LogP contribution is 2.30. The fraction of sp³-hybridized carbons (Fsp3) is 0.308. The Morgan fingerprint density at radius 2 is 2.12 bits per heavy atom. The summed E-state index contributed by atoms with van der Waals surface area (Å²) in [6.45, 7) is 2.10. The molecule has 0 saturated carbocycles. The maximum Gasteiger partial charge on any atom is 0.123 e. The minimum absolute atomic E-state index is 0.586. The first kappa shape index (κ1) is 10.9. The summed E-state index contributed by atoms with van der Waals surface area (Å²) in [5, 5.41) is 1.09. The van der Waals surface area contributed by atoms with Gasteiger partial charge >= 0.3 is 0 Å². The van der Waals surface area contributed by atoms with Gasteiger partial charge in [0.2, 0.25) is 0 Å². The van der Waals surface area contributed by atoms with Crippen molar-refractivity contribution in [2.24, 2.45) is 5.73 Å². The van der Waals surface area contributed by atoms with Gasteiger partial charge in [-0.05, 0) is 5.56 Å². The molecule has 0 spiro atoms. The molecule has 0 fully saturated rings. The van der Waals surface area contributed by atoms with E-state index >= 15 is 0 Å². The van der Waals surface area contributed by atoms with Crippen molar-refractivity contribution in [2.75, 3.05) is 6.61 Å². The highest BCUT2D eigenvalue weighted by Gasteiger charge is 2.16. The Morgan fingerprint density at radius 3 is 2.82 bits per heavy atom. The molecule has 1 aliphatic rings. The van der Waals surface area contributed by atoms with Gasteiger partial charge in [-0.15, -0.1) is 11.3 Å². The van der Waals surface area contributed by atoms with E-state index in [4.69, 9.17) is 10.5 Å². The molecule has 1 aromatic heterocycles. The highest BCUT2D eigenvalue weighted by atomic mass is 32.1. The van der Waals surface area contributed by atoms with Gasteiger partial charge in [0.1, 0.15) is 5.01 Å². The van der Waals surface area contributed by atoms with E-state index in [1.165, 1.54) is 16.1 Å². The molecule has 2 aromatic rings. The Labute approximate surface area is 104 Å². The van der Waals surface area contributed by atoms with Crippen LogP contribution < -0.4 is 5.73 Å². The fourth-order valence-corrected chi connectivity index (χ4v) is 2.98. The normalized spacial score (nSPS) is 14.6. The third-order valence-corrected chi connectivity index (χ3v) is 4.05. The quantitative estimate of drug-likeness (QED) is 0.884. The topological polar surface area (TPSA) is 48.1 Å². The summed E-state index contributed by atoms with van der Waals surface area (Å²) < 4.78 is 5.44. The Morgan fingerprint density at radius 1 is 1.29 bits per heavy atom. The van der Waals surface area contributed by atoms with Crippen LogP contribution in [-0.2, 0) is 24.3 Å². The van der Waals surface area contributed by atoms with Crippen LogP contribution in [-0.4, -0.2) is 11.6 Å². The Bertz CT molecular complexity index is 495. The summed E-state index contributed by atoms with van der Waals surface area (Å²) in [5.41, 5.74) is 9.12. The number of ether oxygens (including phenoxy) is 1. The summed E-state index contributed by atoms with van der Waals surface area (Å²) in [5.74, 6) is 0. The molecule has 0 unspecified atom stereocenters. The van der Waals surface area contributed by atoms with Gasteiger partial charge in [0, 0.05) is 18.5 Å². The largest absolute Gasteiger partial charge is 0.375 e. The van der Waals surface area contributed by atoms with E-state index < -0.39 is 0 Å². The summed E-state index contributed by atoms with van der Waals surface area (Å²) in [6.07, 6.45) is 0.937. The molecule has 3 rings (SSSR count). The number of fused-ring (bicyclic) bond motifs is 1. The van der Waals surface area contributed by atoms with E-state index in [0.717, 1.165) is 23.6 Å². The van der Waals surface area contributed by atoms with Crippen molar-refractivity contribution in [3.63, 3.8) is 0 Å². The van der Waals surface area contributed by atoms with Gasteiger partial charge in [-0.2, -0.15) is 0 Å². The molecule has 1 aliphatic heterocycles. The molecule has 2 heterocycles. The van der Waals surface area contributed by atoms with Gasteiger partial charge in [0.15, 0.2) is 0 Å². The lowest BCUT2D eigenvalue weighted by Gasteiger charge is -2.08. The van der Waals surface area contributed by atoms with E-state index in [9.17, 15) is 0 Å². The van der Waals surface area contributed by atoms with Gasteiger partial charge < -0.3 is 10.5 Å². The number of benzene rings is 1. The SMILES string of the molecule is NCc1ccc(-c2nc3c(s2)COCC3)cc1. The molecule has 0 aliphatic carbocycles. The molecule has 17 heavy (non-hydrogen) atoms. The van der Waals surface area contributed by atoms with Gasteiger partial charge in [-0.25, -0.2) is 4.98 Å². The standard InChI is InChI=1S/C13H14N2OS/c14-7-9-1-3-10(4-2-9)13-15-11-5-6-16-8-12(11)17-13/h1-4H,5-8,14H2. The minimum Gasteiger partial charge on any atom is -0.375 e. The molecule has 88 valence electrons. The lowest BCUT2D eigenvalue weighted by molar-refractivity contribution is 0.112. The lowest BCUT2D eigenvalue weighted by atomic mass is 10.1. The number of hydrogen-bond acceptors (Lipinski definition) is 4. The van der Waals surface area contributed by atoms with E-state index in [-0.39, 0.29) is 0 Å². The number of nitrogens with two attached hydrogens (primary N) is 1. The number of thiazole rings is 1. The summed E-state index contributed by atoms with van der Waals surface area (Å²) >= 11 is 1.73. The third-order valence-electron chi connectivity index (χ3n) is 2.93. The van der Waals surface area contributed by atoms with Crippen molar-refractivity contribution < 1.29 is 4.74 Å². The predicted octanol–water partition coefficient (Wildman–Crippen LogP) is 2.34. The van der Waals surface area contributed by atoms with Gasteiger partial charge in [0.05, 0.1) is 23.8 Å². The van der Waals surface area contributed by atoms with Crippen molar-refractivity contribution in [3.05, 3.63) is 40.4 Å². The second-order valence-corrected chi connectivity index (χ2v) is 5.18. The Balaban J connectivity index is 1.94. The maximum atomic E-state index is 5.59. The van der Waals surface area contributed by atoms with Crippen LogP contribution in [0.2, 0.25) is 0 Å². The van der Waals surface area contributed by atoms with Crippen molar-refractivity contribution in [1.82, 2.24) is 4.98 Å². The number of aromatic nitrogens is 1.